The van der Waals surface area contributed by atoms with Crippen LogP contribution < -0.4 is 5.32 Å². The van der Waals surface area contributed by atoms with Crippen LogP contribution in [-0.4, -0.2) is 65.0 Å². The highest BCUT2D eigenvalue weighted by atomic mass is 16.5. The van der Waals surface area contributed by atoms with E-state index in [1.165, 1.54) is 11.1 Å². The minimum atomic E-state index is 0.559. The zero-order valence-electron chi connectivity index (χ0n) is 15.7. The third kappa shape index (κ3) is 6.65. The lowest BCUT2D eigenvalue weighted by atomic mass is 10.1. The summed E-state index contributed by atoms with van der Waals surface area (Å²) in [5.74, 6) is 1.52. The van der Waals surface area contributed by atoms with Crippen molar-refractivity contribution < 1.29 is 14.2 Å². The molecule has 2 rings (SSSR count). The lowest BCUT2D eigenvalue weighted by Crippen LogP contribution is -2.39. The number of benzene rings is 1. The minimum Gasteiger partial charge on any atom is -0.382 e. The molecule has 0 radical (unpaired) electrons. The number of aliphatic imine (C=N–C) groups is 1. The molecule has 0 bridgehead atoms. The van der Waals surface area contributed by atoms with Gasteiger partial charge in [0.2, 0.25) is 0 Å². The van der Waals surface area contributed by atoms with Gasteiger partial charge >= 0.3 is 0 Å². The van der Waals surface area contributed by atoms with E-state index in [0.717, 1.165) is 38.6 Å². The monoisotopic (exact) mass is 349 g/mol. The Kier molecular flexibility index (Phi) is 8.72. The van der Waals surface area contributed by atoms with Crippen LogP contribution in [0.4, 0.5) is 0 Å². The summed E-state index contributed by atoms with van der Waals surface area (Å²) >= 11 is 0. The highest BCUT2D eigenvalue weighted by Crippen LogP contribution is 2.16. The van der Waals surface area contributed by atoms with Gasteiger partial charge in [0.15, 0.2) is 5.96 Å². The van der Waals surface area contributed by atoms with Crippen LogP contribution in [0.2, 0.25) is 0 Å². The fourth-order valence-electron chi connectivity index (χ4n) is 2.99. The van der Waals surface area contributed by atoms with Gasteiger partial charge in [-0.3, -0.25) is 4.99 Å². The van der Waals surface area contributed by atoms with E-state index in [-0.39, 0.29) is 0 Å². The fraction of sp³-hybridized carbons (Fsp3) is 0.632. The van der Waals surface area contributed by atoms with Crippen molar-refractivity contribution in [1.82, 2.24) is 10.2 Å². The third-order valence-electron chi connectivity index (χ3n) is 4.37. The number of hydrogen-bond donors (Lipinski definition) is 1. The molecule has 6 heteroatoms. The second-order valence-electron chi connectivity index (χ2n) is 6.32. The summed E-state index contributed by atoms with van der Waals surface area (Å²) in [5.41, 5.74) is 2.42. The Labute approximate surface area is 151 Å². The van der Waals surface area contributed by atoms with E-state index in [1.807, 2.05) is 7.05 Å². The Balaban J connectivity index is 1.75. The summed E-state index contributed by atoms with van der Waals surface area (Å²) in [6.45, 7) is 5.53. The third-order valence-corrected chi connectivity index (χ3v) is 4.37. The molecule has 0 amide bonds. The van der Waals surface area contributed by atoms with E-state index in [2.05, 4.69) is 39.5 Å². The number of nitrogens with one attached hydrogen (secondary N) is 1. The second-order valence-corrected chi connectivity index (χ2v) is 6.32. The largest absolute Gasteiger partial charge is 0.382 e. The highest BCUT2D eigenvalue weighted by Gasteiger charge is 2.24. The molecule has 0 aliphatic carbocycles. The van der Waals surface area contributed by atoms with E-state index >= 15 is 0 Å². The maximum atomic E-state index is 5.66. The molecule has 1 aromatic carbocycles. The first-order valence-corrected chi connectivity index (χ1v) is 8.85. The molecular weight excluding hydrogens is 318 g/mol. The number of nitrogens with zero attached hydrogens (tertiary/aromatic N) is 2. The number of rotatable bonds is 9. The molecule has 0 spiro atoms. The number of ether oxygens (including phenoxy) is 3. The van der Waals surface area contributed by atoms with Crippen LogP contribution in [0.5, 0.6) is 0 Å². The predicted molar refractivity (Wildman–Crippen MR) is 99.7 cm³/mol. The normalized spacial score (nSPS) is 18.0. The minimum absolute atomic E-state index is 0.559. The molecule has 6 nitrogen and oxygen atoms in total. The number of likely N-dealkylation sites (tertiary alicyclic amines) is 1. The Morgan fingerprint density at radius 1 is 1.16 bits per heavy atom. The Morgan fingerprint density at radius 2 is 1.92 bits per heavy atom. The van der Waals surface area contributed by atoms with Crippen molar-refractivity contribution in [3.63, 3.8) is 0 Å². The molecular formula is C19H31N3O3. The van der Waals surface area contributed by atoms with Crippen molar-refractivity contribution in [3.8, 4) is 0 Å². The highest BCUT2D eigenvalue weighted by molar-refractivity contribution is 5.80. The van der Waals surface area contributed by atoms with Crippen LogP contribution in [0, 0.1) is 5.92 Å². The van der Waals surface area contributed by atoms with Gasteiger partial charge in [-0.25, -0.2) is 0 Å². The molecule has 1 heterocycles. The van der Waals surface area contributed by atoms with Crippen LogP contribution in [0.15, 0.2) is 29.3 Å². The van der Waals surface area contributed by atoms with Crippen molar-refractivity contribution in [2.75, 3.05) is 54.2 Å². The second kappa shape index (κ2) is 11.1. The number of guanidine groups is 1. The summed E-state index contributed by atoms with van der Waals surface area (Å²) in [4.78, 5) is 6.74. The predicted octanol–water partition coefficient (Wildman–Crippen LogP) is 1.89. The summed E-state index contributed by atoms with van der Waals surface area (Å²) in [5, 5.41) is 3.46. The van der Waals surface area contributed by atoms with Crippen LogP contribution in [0.3, 0.4) is 0 Å². The van der Waals surface area contributed by atoms with Gasteiger partial charge in [0, 0.05) is 46.8 Å². The summed E-state index contributed by atoms with van der Waals surface area (Å²) in [7, 11) is 5.25. The van der Waals surface area contributed by atoms with E-state index in [9.17, 15) is 0 Å². The van der Waals surface area contributed by atoms with Crippen molar-refractivity contribution >= 4 is 5.96 Å². The first-order valence-electron chi connectivity index (χ1n) is 8.85. The van der Waals surface area contributed by atoms with Crippen LogP contribution in [-0.2, 0) is 27.4 Å². The standard InChI is InChI=1S/C19H31N3O3/c1-20-19(21-12-16-4-6-17(7-5-16)14-24-3)22-9-8-18(13-22)15-25-11-10-23-2/h4-7,18H,8-15H2,1-3H3,(H,20,21). The van der Waals surface area contributed by atoms with Crippen molar-refractivity contribution in [3.05, 3.63) is 35.4 Å². The van der Waals surface area contributed by atoms with Gasteiger partial charge < -0.3 is 24.4 Å². The molecule has 1 fully saturated rings. The first kappa shape index (κ1) is 19.7. The molecule has 1 saturated heterocycles. The van der Waals surface area contributed by atoms with Crippen molar-refractivity contribution in [2.24, 2.45) is 10.9 Å². The maximum absolute atomic E-state index is 5.66. The smallest absolute Gasteiger partial charge is 0.193 e. The van der Waals surface area contributed by atoms with Crippen LogP contribution in [0.25, 0.3) is 0 Å². The van der Waals surface area contributed by atoms with E-state index in [0.29, 0.717) is 25.7 Å². The van der Waals surface area contributed by atoms with Gasteiger partial charge in [-0.2, -0.15) is 0 Å². The summed E-state index contributed by atoms with van der Waals surface area (Å²) < 4.78 is 15.8. The van der Waals surface area contributed by atoms with Crippen molar-refractivity contribution in [1.29, 1.82) is 0 Å². The number of methoxy groups -OCH3 is 2. The van der Waals surface area contributed by atoms with Gasteiger partial charge in [-0.05, 0) is 17.5 Å². The fourth-order valence-corrected chi connectivity index (χ4v) is 2.99. The average Bonchev–Trinajstić information content (AvgIpc) is 3.10. The van der Waals surface area contributed by atoms with Crippen LogP contribution >= 0.6 is 0 Å². The zero-order valence-corrected chi connectivity index (χ0v) is 15.7. The Morgan fingerprint density at radius 3 is 2.60 bits per heavy atom. The molecule has 1 aromatic rings. The van der Waals surface area contributed by atoms with Gasteiger partial charge in [0.05, 0.1) is 26.4 Å². The van der Waals surface area contributed by atoms with Gasteiger partial charge in [-0.1, -0.05) is 24.3 Å². The van der Waals surface area contributed by atoms with E-state index < -0.39 is 0 Å². The quantitative estimate of drug-likeness (QED) is 0.419. The average molecular weight is 349 g/mol. The first-order chi connectivity index (χ1) is 12.3. The number of hydrogen-bond acceptors (Lipinski definition) is 4. The topological polar surface area (TPSA) is 55.3 Å². The molecule has 1 atom stereocenters. The maximum Gasteiger partial charge on any atom is 0.193 e. The molecule has 1 N–H and O–H groups in total. The van der Waals surface area contributed by atoms with Gasteiger partial charge in [0.25, 0.3) is 0 Å². The van der Waals surface area contributed by atoms with E-state index in [1.54, 1.807) is 14.2 Å². The van der Waals surface area contributed by atoms with Gasteiger partial charge in [-0.15, -0.1) is 0 Å². The molecule has 25 heavy (non-hydrogen) atoms. The van der Waals surface area contributed by atoms with E-state index in [4.69, 9.17) is 14.2 Å². The summed E-state index contributed by atoms with van der Waals surface area (Å²) in [6.07, 6.45) is 1.14. The molecule has 1 unspecified atom stereocenters. The molecule has 1 aliphatic heterocycles. The SMILES string of the molecule is CN=C(NCc1ccc(COC)cc1)N1CCC(COCCOC)C1. The molecule has 0 aromatic heterocycles. The lowest BCUT2D eigenvalue weighted by molar-refractivity contribution is 0.0536. The Bertz CT molecular complexity index is 519. The van der Waals surface area contributed by atoms with Crippen molar-refractivity contribution in [2.45, 2.75) is 19.6 Å². The molecule has 0 saturated carbocycles. The van der Waals surface area contributed by atoms with Crippen LogP contribution in [0.1, 0.15) is 17.5 Å². The Hall–Kier alpha value is -1.63. The molecule has 1 aliphatic rings. The van der Waals surface area contributed by atoms with Gasteiger partial charge in [0.1, 0.15) is 0 Å². The summed E-state index contributed by atoms with van der Waals surface area (Å²) in [6, 6.07) is 8.47. The zero-order chi connectivity index (χ0) is 17.9. The lowest BCUT2D eigenvalue weighted by Gasteiger charge is -2.22. The molecule has 140 valence electrons.